The Morgan fingerprint density at radius 1 is 0.436 bits per heavy atom. The van der Waals surface area contributed by atoms with Crippen LogP contribution in [0.1, 0.15) is 0 Å². The first kappa shape index (κ1) is 32.3. The Balaban J connectivity index is 5.06. The smallest absolute Gasteiger partial charge is 0.339 e. The molecule has 16 heteroatoms. The molecule has 1 aliphatic carbocycles. The largest absolute Gasteiger partial charge is 0.469 e. The second-order valence-corrected chi connectivity index (χ2v) is 7.31. The number of methoxy groups -OCH3 is 8. The summed E-state index contributed by atoms with van der Waals surface area (Å²) in [5.74, 6) is -18.4. The maximum absolute atomic E-state index is 13.6. The average molecular weight is 558 g/mol. The molecule has 0 N–H and O–H groups in total. The van der Waals surface area contributed by atoms with Gasteiger partial charge in [-0.2, -0.15) is 0 Å². The van der Waals surface area contributed by atoms with E-state index in [0.717, 1.165) is 56.9 Å². The van der Waals surface area contributed by atoms with E-state index in [1.165, 1.54) is 0 Å². The Morgan fingerprint density at radius 2 is 0.718 bits per heavy atom. The lowest BCUT2D eigenvalue weighted by atomic mass is 9.62. The topological polar surface area (TPSA) is 210 Å². The predicted molar refractivity (Wildman–Crippen MR) is 120 cm³/mol. The van der Waals surface area contributed by atoms with Crippen LogP contribution < -0.4 is 0 Å². The van der Waals surface area contributed by atoms with Gasteiger partial charge in [-0.1, -0.05) is 0 Å². The van der Waals surface area contributed by atoms with Crippen molar-refractivity contribution in [2.45, 2.75) is 0 Å². The number of ether oxygens (including phenoxy) is 8. The SMILES string of the molecule is COC(=O)C1=C(C(=O)OC)[C@@H](C(=O)OC)C(C(=O)OC)(C(=O)OC)[C@@H](C(=O)OC)C(C(=O)OC)=C1C(=O)OC. The summed E-state index contributed by atoms with van der Waals surface area (Å²) in [5.41, 5.74) is -8.25. The molecule has 2 atom stereocenters. The summed E-state index contributed by atoms with van der Waals surface area (Å²) in [6.07, 6.45) is 0. The van der Waals surface area contributed by atoms with E-state index in [2.05, 4.69) is 9.47 Å². The number of esters is 8. The molecule has 0 spiro atoms. The Labute approximate surface area is 221 Å². The number of hydrogen-bond acceptors (Lipinski definition) is 16. The predicted octanol–water partition coefficient (Wildman–Crippen LogP) is -1.80. The van der Waals surface area contributed by atoms with Crippen molar-refractivity contribution in [1.29, 1.82) is 0 Å². The third-order valence-electron chi connectivity index (χ3n) is 5.79. The molecule has 1 aliphatic rings. The van der Waals surface area contributed by atoms with E-state index in [0.29, 0.717) is 0 Å². The summed E-state index contributed by atoms with van der Waals surface area (Å²) < 4.78 is 37.7. The summed E-state index contributed by atoms with van der Waals surface area (Å²) >= 11 is 0. The van der Waals surface area contributed by atoms with Gasteiger partial charge in [-0.05, 0) is 0 Å². The Hall–Kier alpha value is -4.76. The van der Waals surface area contributed by atoms with Crippen molar-refractivity contribution in [1.82, 2.24) is 0 Å². The first-order chi connectivity index (χ1) is 18.4. The van der Waals surface area contributed by atoms with Gasteiger partial charge in [0.15, 0.2) is 5.41 Å². The van der Waals surface area contributed by atoms with Crippen LogP contribution in [0.5, 0.6) is 0 Å². The first-order valence-corrected chi connectivity index (χ1v) is 10.5. The maximum atomic E-state index is 13.6. The van der Waals surface area contributed by atoms with Crippen LogP contribution in [0, 0.1) is 17.3 Å². The third kappa shape index (κ3) is 5.17. The maximum Gasteiger partial charge on any atom is 0.339 e. The quantitative estimate of drug-likeness (QED) is 0.183. The van der Waals surface area contributed by atoms with Crippen molar-refractivity contribution in [3.05, 3.63) is 22.3 Å². The van der Waals surface area contributed by atoms with E-state index in [-0.39, 0.29) is 0 Å². The van der Waals surface area contributed by atoms with E-state index < -0.39 is 87.3 Å². The fourth-order valence-corrected chi connectivity index (χ4v) is 4.20. The fourth-order valence-electron chi connectivity index (χ4n) is 4.20. The average Bonchev–Trinajstić information content (AvgIpc) is 3.09. The van der Waals surface area contributed by atoms with Gasteiger partial charge in [0.1, 0.15) is 11.8 Å². The molecule has 214 valence electrons. The zero-order chi connectivity index (χ0) is 30.2. The Kier molecular flexibility index (Phi) is 10.9. The molecular formula is C23H26O16. The van der Waals surface area contributed by atoms with Crippen molar-refractivity contribution < 1.29 is 76.3 Å². The van der Waals surface area contributed by atoms with Gasteiger partial charge in [-0.25, -0.2) is 19.2 Å². The van der Waals surface area contributed by atoms with Gasteiger partial charge in [0.25, 0.3) is 0 Å². The number of carbonyl (C=O) groups is 8. The monoisotopic (exact) mass is 558 g/mol. The van der Waals surface area contributed by atoms with E-state index in [1.54, 1.807) is 0 Å². The van der Waals surface area contributed by atoms with Crippen molar-refractivity contribution in [2.24, 2.45) is 17.3 Å². The standard InChI is InChI=1S/C23H26O16/c1-32-15(24)9-10(16(25)33-2)12(18(27)35-4)14(20(29)37-6)23(21(30)38-7,22(31)39-8)13(19(28)36-5)11(9)17(26)34-3/h13-14H,1-8H3/t13-,14+. The molecule has 0 aromatic rings. The van der Waals surface area contributed by atoms with Gasteiger partial charge >= 0.3 is 47.8 Å². The van der Waals surface area contributed by atoms with Gasteiger partial charge in [-0.15, -0.1) is 0 Å². The van der Waals surface area contributed by atoms with Crippen LogP contribution in [-0.4, -0.2) is 105 Å². The highest BCUT2D eigenvalue weighted by Gasteiger charge is 2.71. The zero-order valence-electron chi connectivity index (χ0n) is 22.2. The molecule has 16 nitrogen and oxygen atoms in total. The van der Waals surface area contributed by atoms with Crippen LogP contribution in [0.2, 0.25) is 0 Å². The second kappa shape index (κ2) is 13.2. The second-order valence-electron chi connectivity index (χ2n) is 7.31. The van der Waals surface area contributed by atoms with E-state index in [4.69, 9.17) is 28.4 Å². The molecule has 39 heavy (non-hydrogen) atoms. The molecule has 0 heterocycles. The lowest BCUT2D eigenvalue weighted by molar-refractivity contribution is -0.188. The highest BCUT2D eigenvalue weighted by molar-refractivity contribution is 6.22. The molecule has 0 fully saturated rings. The first-order valence-electron chi connectivity index (χ1n) is 10.5. The minimum Gasteiger partial charge on any atom is -0.469 e. The summed E-state index contributed by atoms with van der Waals surface area (Å²) in [6, 6.07) is 0. The molecule has 0 saturated heterocycles. The zero-order valence-corrected chi connectivity index (χ0v) is 22.2. The molecule has 0 aromatic heterocycles. The molecule has 0 radical (unpaired) electrons. The van der Waals surface area contributed by atoms with Gasteiger partial charge in [-0.3, -0.25) is 19.2 Å². The third-order valence-corrected chi connectivity index (χ3v) is 5.79. The van der Waals surface area contributed by atoms with Gasteiger partial charge < -0.3 is 37.9 Å². The van der Waals surface area contributed by atoms with E-state index in [1.807, 2.05) is 0 Å². The van der Waals surface area contributed by atoms with Crippen LogP contribution >= 0.6 is 0 Å². The number of hydrogen-bond donors (Lipinski definition) is 0. The summed E-state index contributed by atoms with van der Waals surface area (Å²) in [7, 11) is 6.13. The molecule has 0 aromatic carbocycles. The Morgan fingerprint density at radius 3 is 0.923 bits per heavy atom. The Bertz CT molecular complexity index is 1070. The van der Waals surface area contributed by atoms with E-state index >= 15 is 0 Å². The molecule has 0 unspecified atom stereocenters. The number of carbonyl (C=O) groups excluding carboxylic acids is 8. The lowest BCUT2D eigenvalue weighted by Crippen LogP contribution is -2.59. The molecular weight excluding hydrogens is 532 g/mol. The summed E-state index contributed by atoms with van der Waals surface area (Å²) in [6.45, 7) is 0. The van der Waals surface area contributed by atoms with Gasteiger partial charge in [0.05, 0.1) is 79.2 Å². The van der Waals surface area contributed by atoms with Crippen LogP contribution in [-0.2, 0) is 76.3 Å². The molecule has 1 rings (SSSR count). The van der Waals surface area contributed by atoms with Crippen LogP contribution in [0.25, 0.3) is 0 Å². The van der Waals surface area contributed by atoms with Crippen molar-refractivity contribution >= 4 is 47.8 Å². The molecule has 0 amide bonds. The van der Waals surface area contributed by atoms with E-state index in [9.17, 15) is 38.4 Å². The molecule has 0 bridgehead atoms. The highest BCUT2D eigenvalue weighted by Crippen LogP contribution is 2.52. The van der Waals surface area contributed by atoms with Crippen LogP contribution in [0.4, 0.5) is 0 Å². The van der Waals surface area contributed by atoms with Crippen molar-refractivity contribution in [3.8, 4) is 0 Å². The van der Waals surface area contributed by atoms with Gasteiger partial charge in [0, 0.05) is 0 Å². The van der Waals surface area contributed by atoms with Crippen LogP contribution in [0.3, 0.4) is 0 Å². The molecule has 0 saturated carbocycles. The minimum absolute atomic E-state index is 0.728. The lowest BCUT2D eigenvalue weighted by Gasteiger charge is -2.38. The molecule has 0 aliphatic heterocycles. The van der Waals surface area contributed by atoms with Crippen LogP contribution in [0.15, 0.2) is 22.3 Å². The summed E-state index contributed by atoms with van der Waals surface area (Å²) in [5, 5.41) is 0. The highest BCUT2D eigenvalue weighted by atomic mass is 16.6. The normalized spacial score (nSPS) is 18.1. The fraction of sp³-hybridized carbons (Fsp3) is 0.478. The van der Waals surface area contributed by atoms with Crippen molar-refractivity contribution in [2.75, 3.05) is 56.9 Å². The van der Waals surface area contributed by atoms with Crippen molar-refractivity contribution in [3.63, 3.8) is 0 Å². The summed E-state index contributed by atoms with van der Waals surface area (Å²) in [4.78, 5) is 107. The minimum atomic E-state index is -3.41. The van der Waals surface area contributed by atoms with Gasteiger partial charge in [0.2, 0.25) is 0 Å². The number of rotatable bonds is 8.